The average Bonchev–Trinajstić information content (AvgIpc) is 2.99. The first-order chi connectivity index (χ1) is 9.06. The van der Waals surface area contributed by atoms with Gasteiger partial charge in [-0.15, -0.1) is 11.3 Å². The molecule has 1 N–H and O–H groups in total. The second-order valence-electron chi connectivity index (χ2n) is 4.42. The fourth-order valence-corrected chi connectivity index (χ4v) is 3.59. The van der Waals surface area contributed by atoms with Crippen LogP contribution in [0.2, 0.25) is 10.2 Å². The second-order valence-corrected chi connectivity index (χ2v) is 6.27. The number of rotatable bonds is 2. The molecule has 0 atom stereocenters. The Bertz CT molecular complexity index is 641. The van der Waals surface area contributed by atoms with Gasteiger partial charge in [0.15, 0.2) is 5.13 Å². The van der Waals surface area contributed by atoms with Crippen LogP contribution in [0, 0.1) is 0 Å². The molecule has 0 saturated heterocycles. The smallest absolute Gasteiger partial charge is 0.274 e. The standard InChI is InChI=1S/C12H11Cl2N3OS/c1-17-8(5-6(13)10(17)14)11(18)16-12-15-7-3-2-4-9(7)19-12/h5H,2-4H2,1H3,(H,15,16,18). The van der Waals surface area contributed by atoms with E-state index in [0.717, 1.165) is 25.0 Å². The number of carbonyl (C=O) groups excluding carboxylic acids is 1. The lowest BCUT2D eigenvalue weighted by atomic mass is 10.4. The molecule has 7 heteroatoms. The summed E-state index contributed by atoms with van der Waals surface area (Å²) in [6.45, 7) is 0. The van der Waals surface area contributed by atoms with Crippen LogP contribution < -0.4 is 5.32 Å². The number of hydrogen-bond acceptors (Lipinski definition) is 3. The molecule has 4 nitrogen and oxygen atoms in total. The summed E-state index contributed by atoms with van der Waals surface area (Å²) in [4.78, 5) is 17.8. The number of nitrogens with one attached hydrogen (secondary N) is 1. The van der Waals surface area contributed by atoms with Crippen LogP contribution in [0.3, 0.4) is 0 Å². The fourth-order valence-electron chi connectivity index (χ4n) is 2.17. The van der Waals surface area contributed by atoms with Gasteiger partial charge in [0.05, 0.1) is 10.7 Å². The van der Waals surface area contributed by atoms with Gasteiger partial charge in [-0.25, -0.2) is 4.98 Å². The van der Waals surface area contributed by atoms with E-state index in [1.54, 1.807) is 29.0 Å². The van der Waals surface area contributed by atoms with Crippen molar-refractivity contribution in [1.82, 2.24) is 9.55 Å². The van der Waals surface area contributed by atoms with Gasteiger partial charge in [0.2, 0.25) is 0 Å². The Labute approximate surface area is 124 Å². The minimum Gasteiger partial charge on any atom is -0.329 e. The zero-order valence-corrected chi connectivity index (χ0v) is 12.5. The van der Waals surface area contributed by atoms with Crippen LogP contribution in [0.1, 0.15) is 27.5 Å². The first-order valence-electron chi connectivity index (χ1n) is 5.87. The molecule has 0 radical (unpaired) electrons. The van der Waals surface area contributed by atoms with Crippen molar-refractivity contribution >= 4 is 45.6 Å². The monoisotopic (exact) mass is 315 g/mol. The summed E-state index contributed by atoms with van der Waals surface area (Å²) in [7, 11) is 1.70. The van der Waals surface area contributed by atoms with E-state index in [0.29, 0.717) is 21.0 Å². The molecular weight excluding hydrogens is 305 g/mol. The maximum atomic E-state index is 12.1. The van der Waals surface area contributed by atoms with Crippen LogP contribution in [0.15, 0.2) is 6.07 Å². The molecule has 0 spiro atoms. The summed E-state index contributed by atoms with van der Waals surface area (Å²) in [5.41, 5.74) is 1.54. The van der Waals surface area contributed by atoms with Crippen LogP contribution >= 0.6 is 34.5 Å². The minimum absolute atomic E-state index is 0.247. The molecular formula is C12H11Cl2N3OS. The molecule has 1 amide bonds. The summed E-state index contributed by atoms with van der Waals surface area (Å²) in [6, 6.07) is 1.56. The molecule has 0 bridgehead atoms. The maximum absolute atomic E-state index is 12.1. The maximum Gasteiger partial charge on any atom is 0.274 e. The highest BCUT2D eigenvalue weighted by Crippen LogP contribution is 2.31. The summed E-state index contributed by atoms with van der Waals surface area (Å²) in [5, 5.41) is 4.17. The number of hydrogen-bond donors (Lipinski definition) is 1. The van der Waals surface area contributed by atoms with Crippen LogP contribution in [0.25, 0.3) is 0 Å². The topological polar surface area (TPSA) is 46.9 Å². The highest BCUT2D eigenvalue weighted by Gasteiger charge is 2.20. The van der Waals surface area contributed by atoms with Crippen molar-refractivity contribution < 1.29 is 4.79 Å². The van der Waals surface area contributed by atoms with Crippen molar-refractivity contribution in [3.63, 3.8) is 0 Å². The average molecular weight is 316 g/mol. The molecule has 1 aliphatic carbocycles. The Hall–Kier alpha value is -1.04. The highest BCUT2D eigenvalue weighted by molar-refractivity contribution is 7.16. The third-order valence-electron chi connectivity index (χ3n) is 3.17. The number of amides is 1. The minimum atomic E-state index is -0.247. The van der Waals surface area contributed by atoms with Gasteiger partial charge in [-0.05, 0) is 25.3 Å². The van der Waals surface area contributed by atoms with Crippen molar-refractivity contribution in [2.75, 3.05) is 5.32 Å². The lowest BCUT2D eigenvalue weighted by Gasteiger charge is -2.03. The Kier molecular flexibility index (Phi) is 3.28. The van der Waals surface area contributed by atoms with E-state index in [1.165, 1.54) is 4.88 Å². The van der Waals surface area contributed by atoms with Crippen molar-refractivity contribution in [1.29, 1.82) is 0 Å². The van der Waals surface area contributed by atoms with Crippen LogP contribution in [-0.4, -0.2) is 15.5 Å². The predicted octanol–water partition coefficient (Wildman–Crippen LogP) is 3.53. The SMILES string of the molecule is Cn1c(C(=O)Nc2nc3c(s2)CCC3)cc(Cl)c1Cl. The number of halogens is 2. The normalized spacial score (nSPS) is 13.6. The molecule has 100 valence electrons. The molecule has 2 aromatic rings. The molecule has 1 aliphatic rings. The van der Waals surface area contributed by atoms with Gasteiger partial charge in [-0.3, -0.25) is 10.1 Å². The number of fused-ring (bicyclic) bond motifs is 1. The second kappa shape index (κ2) is 4.81. The summed E-state index contributed by atoms with van der Waals surface area (Å²) in [5.74, 6) is -0.247. The van der Waals surface area contributed by atoms with Crippen molar-refractivity contribution in [3.05, 3.63) is 32.5 Å². The Balaban J connectivity index is 1.82. The molecule has 0 unspecified atom stereocenters. The summed E-state index contributed by atoms with van der Waals surface area (Å²) in [6.07, 6.45) is 3.22. The van der Waals surface area contributed by atoms with Gasteiger partial charge in [0, 0.05) is 11.9 Å². The van der Waals surface area contributed by atoms with Gasteiger partial charge in [0.25, 0.3) is 5.91 Å². The third kappa shape index (κ3) is 2.26. The lowest BCUT2D eigenvalue weighted by Crippen LogP contribution is -2.15. The highest BCUT2D eigenvalue weighted by atomic mass is 35.5. The third-order valence-corrected chi connectivity index (χ3v) is 5.08. The molecule has 0 aromatic carbocycles. The van der Waals surface area contributed by atoms with Crippen LogP contribution in [0.5, 0.6) is 0 Å². The van der Waals surface area contributed by atoms with Crippen molar-refractivity contribution in [2.45, 2.75) is 19.3 Å². The van der Waals surface area contributed by atoms with Crippen LogP contribution in [-0.2, 0) is 19.9 Å². The van der Waals surface area contributed by atoms with E-state index < -0.39 is 0 Å². The first-order valence-corrected chi connectivity index (χ1v) is 7.44. The summed E-state index contributed by atoms with van der Waals surface area (Å²) >= 11 is 13.4. The molecule has 2 heterocycles. The van der Waals surface area contributed by atoms with E-state index >= 15 is 0 Å². The zero-order valence-electron chi connectivity index (χ0n) is 10.2. The molecule has 19 heavy (non-hydrogen) atoms. The fraction of sp³-hybridized carbons (Fsp3) is 0.333. The number of anilines is 1. The molecule has 0 saturated carbocycles. The number of aryl methyl sites for hydroxylation is 2. The molecule has 0 aliphatic heterocycles. The summed E-state index contributed by atoms with van der Waals surface area (Å²) < 4.78 is 1.56. The molecule has 2 aromatic heterocycles. The van der Waals surface area contributed by atoms with Crippen molar-refractivity contribution in [3.8, 4) is 0 Å². The molecule has 0 fully saturated rings. The largest absolute Gasteiger partial charge is 0.329 e. The van der Waals surface area contributed by atoms with E-state index in [9.17, 15) is 4.79 Å². The quantitative estimate of drug-likeness (QED) is 0.921. The van der Waals surface area contributed by atoms with Crippen molar-refractivity contribution in [2.24, 2.45) is 7.05 Å². The first kappa shape index (κ1) is 13.0. The zero-order chi connectivity index (χ0) is 13.6. The van der Waals surface area contributed by atoms with Gasteiger partial charge in [-0.1, -0.05) is 23.2 Å². The molecule has 3 rings (SSSR count). The number of nitrogens with zero attached hydrogens (tertiary/aromatic N) is 2. The number of aromatic nitrogens is 2. The Morgan fingerprint density at radius 3 is 2.89 bits per heavy atom. The number of thiazole rings is 1. The van der Waals surface area contributed by atoms with E-state index in [1.807, 2.05) is 0 Å². The lowest BCUT2D eigenvalue weighted by molar-refractivity contribution is 0.101. The Morgan fingerprint density at radius 1 is 1.47 bits per heavy atom. The van der Waals surface area contributed by atoms with Gasteiger partial charge < -0.3 is 4.57 Å². The van der Waals surface area contributed by atoms with Gasteiger partial charge in [0.1, 0.15) is 10.8 Å². The van der Waals surface area contributed by atoms with Gasteiger partial charge >= 0.3 is 0 Å². The predicted molar refractivity (Wildman–Crippen MR) is 77.5 cm³/mol. The Morgan fingerprint density at radius 2 is 2.26 bits per heavy atom. The van der Waals surface area contributed by atoms with E-state index in [4.69, 9.17) is 23.2 Å². The van der Waals surface area contributed by atoms with E-state index in [2.05, 4.69) is 10.3 Å². The van der Waals surface area contributed by atoms with Gasteiger partial charge in [-0.2, -0.15) is 0 Å². The van der Waals surface area contributed by atoms with Crippen LogP contribution in [0.4, 0.5) is 5.13 Å². The van der Waals surface area contributed by atoms with E-state index in [-0.39, 0.29) is 5.91 Å². The number of carbonyl (C=O) groups is 1.